The fraction of sp³-hybridized carbons (Fsp3) is 0.750. The van der Waals surface area contributed by atoms with Gasteiger partial charge < -0.3 is 0 Å². The van der Waals surface area contributed by atoms with Gasteiger partial charge in [-0.1, -0.05) is 47.1 Å². The van der Waals surface area contributed by atoms with Crippen LogP contribution in [0.5, 0.6) is 0 Å². The van der Waals surface area contributed by atoms with Gasteiger partial charge in [0.05, 0.1) is 0 Å². The van der Waals surface area contributed by atoms with Crippen LogP contribution in [0.1, 0.15) is 19.8 Å². The SMILES string of the molecule is CCCC=CC1CSSC1. The molecule has 1 rings (SSSR count). The molecule has 0 saturated carbocycles. The van der Waals surface area contributed by atoms with Gasteiger partial charge >= 0.3 is 0 Å². The molecule has 0 N–H and O–H groups in total. The first kappa shape index (κ1) is 8.54. The summed E-state index contributed by atoms with van der Waals surface area (Å²) in [6.07, 6.45) is 7.25. The molecule has 0 atom stereocenters. The van der Waals surface area contributed by atoms with Gasteiger partial charge in [0.1, 0.15) is 0 Å². The Morgan fingerprint density at radius 2 is 2.10 bits per heavy atom. The molecule has 1 heterocycles. The number of unbranched alkanes of at least 4 members (excludes halogenated alkanes) is 1. The average molecular weight is 174 g/mol. The molecule has 0 aromatic rings. The minimum atomic E-state index is 0.863. The van der Waals surface area contributed by atoms with Crippen LogP contribution >= 0.6 is 21.6 Å². The molecule has 0 aliphatic carbocycles. The van der Waals surface area contributed by atoms with Crippen molar-refractivity contribution in [1.82, 2.24) is 0 Å². The third kappa shape index (κ3) is 3.02. The van der Waals surface area contributed by atoms with Crippen molar-refractivity contribution in [3.8, 4) is 0 Å². The van der Waals surface area contributed by atoms with E-state index in [1.165, 1.54) is 24.3 Å². The van der Waals surface area contributed by atoms with Gasteiger partial charge in [0, 0.05) is 11.5 Å². The summed E-state index contributed by atoms with van der Waals surface area (Å²) in [6.45, 7) is 2.22. The highest BCUT2D eigenvalue weighted by atomic mass is 33.1. The van der Waals surface area contributed by atoms with Gasteiger partial charge in [-0.05, 0) is 12.3 Å². The molecule has 0 aromatic heterocycles. The van der Waals surface area contributed by atoms with Crippen molar-refractivity contribution >= 4 is 21.6 Å². The van der Waals surface area contributed by atoms with Crippen molar-refractivity contribution in [3.63, 3.8) is 0 Å². The molecule has 0 spiro atoms. The maximum atomic E-state index is 2.39. The van der Waals surface area contributed by atoms with Crippen molar-refractivity contribution in [3.05, 3.63) is 12.2 Å². The summed E-state index contributed by atoms with van der Waals surface area (Å²) in [5.41, 5.74) is 0. The van der Waals surface area contributed by atoms with E-state index in [1.54, 1.807) is 0 Å². The highest BCUT2D eigenvalue weighted by Gasteiger charge is 2.11. The third-order valence-electron chi connectivity index (χ3n) is 1.51. The third-order valence-corrected chi connectivity index (χ3v) is 4.12. The average Bonchev–Trinajstić information content (AvgIpc) is 2.41. The summed E-state index contributed by atoms with van der Waals surface area (Å²) in [5.74, 6) is 3.51. The van der Waals surface area contributed by atoms with E-state index in [4.69, 9.17) is 0 Å². The van der Waals surface area contributed by atoms with Crippen LogP contribution in [0.15, 0.2) is 12.2 Å². The second kappa shape index (κ2) is 5.14. The van der Waals surface area contributed by atoms with E-state index < -0.39 is 0 Å². The molecular formula is C8H14S2. The van der Waals surface area contributed by atoms with Crippen LogP contribution in [0.2, 0.25) is 0 Å². The fourth-order valence-corrected chi connectivity index (χ4v) is 3.66. The molecule has 0 bridgehead atoms. The van der Waals surface area contributed by atoms with Gasteiger partial charge in [0.25, 0.3) is 0 Å². The van der Waals surface area contributed by atoms with Crippen LogP contribution < -0.4 is 0 Å². The summed E-state index contributed by atoms with van der Waals surface area (Å²) >= 11 is 0. The van der Waals surface area contributed by atoms with E-state index >= 15 is 0 Å². The highest BCUT2D eigenvalue weighted by Crippen LogP contribution is 2.35. The summed E-state index contributed by atoms with van der Waals surface area (Å²) < 4.78 is 0. The topological polar surface area (TPSA) is 0 Å². The van der Waals surface area contributed by atoms with E-state index in [0.29, 0.717) is 0 Å². The van der Waals surface area contributed by atoms with Gasteiger partial charge in [-0.15, -0.1) is 0 Å². The molecule has 1 fully saturated rings. The molecule has 0 amide bonds. The molecule has 2 heteroatoms. The second-order valence-corrected chi connectivity index (χ2v) is 5.10. The first-order chi connectivity index (χ1) is 4.93. The monoisotopic (exact) mass is 174 g/mol. The summed E-state index contributed by atoms with van der Waals surface area (Å²) in [6, 6.07) is 0. The maximum Gasteiger partial charge on any atom is 0.0108 e. The molecule has 1 aliphatic rings. The molecule has 0 nitrogen and oxygen atoms in total. The quantitative estimate of drug-likeness (QED) is 0.475. The first-order valence-corrected chi connectivity index (χ1v) is 6.33. The summed E-state index contributed by atoms with van der Waals surface area (Å²) in [5, 5.41) is 0. The van der Waals surface area contributed by atoms with Crippen molar-refractivity contribution in [2.75, 3.05) is 11.5 Å². The van der Waals surface area contributed by atoms with Crippen molar-refractivity contribution in [2.24, 2.45) is 5.92 Å². The van der Waals surface area contributed by atoms with Crippen LogP contribution in [0.3, 0.4) is 0 Å². The van der Waals surface area contributed by atoms with Crippen LogP contribution in [0, 0.1) is 5.92 Å². The highest BCUT2D eigenvalue weighted by molar-refractivity contribution is 8.77. The summed E-state index contributed by atoms with van der Waals surface area (Å²) in [4.78, 5) is 0. The lowest BCUT2D eigenvalue weighted by Crippen LogP contribution is -1.94. The normalized spacial score (nSPS) is 20.9. The Bertz CT molecular complexity index is 104. The van der Waals surface area contributed by atoms with Gasteiger partial charge in [-0.3, -0.25) is 0 Å². The Kier molecular flexibility index (Phi) is 4.39. The minimum Gasteiger partial charge on any atom is -0.0935 e. The summed E-state index contributed by atoms with van der Waals surface area (Å²) in [7, 11) is 4.01. The van der Waals surface area contributed by atoms with Gasteiger partial charge in [0.15, 0.2) is 0 Å². The lowest BCUT2D eigenvalue weighted by atomic mass is 10.2. The van der Waals surface area contributed by atoms with Crippen LogP contribution in [-0.2, 0) is 0 Å². The van der Waals surface area contributed by atoms with Gasteiger partial charge in [-0.25, -0.2) is 0 Å². The second-order valence-electron chi connectivity index (χ2n) is 2.55. The Balaban J connectivity index is 2.10. The molecule has 0 unspecified atom stereocenters. The number of rotatable bonds is 3. The Hall–Kier alpha value is 0.440. The first-order valence-electron chi connectivity index (χ1n) is 3.84. The lowest BCUT2D eigenvalue weighted by Gasteiger charge is -1.96. The molecule has 1 saturated heterocycles. The standard InChI is InChI=1S/C8H14S2/c1-2-3-4-5-8-6-9-10-7-8/h4-5,8H,2-3,6-7H2,1H3. The van der Waals surface area contributed by atoms with Crippen molar-refractivity contribution in [2.45, 2.75) is 19.8 Å². The van der Waals surface area contributed by atoms with Crippen molar-refractivity contribution < 1.29 is 0 Å². The van der Waals surface area contributed by atoms with E-state index in [0.717, 1.165) is 5.92 Å². The van der Waals surface area contributed by atoms with Crippen LogP contribution in [-0.4, -0.2) is 11.5 Å². The van der Waals surface area contributed by atoms with E-state index in [9.17, 15) is 0 Å². The predicted octanol–water partition coefficient (Wildman–Crippen LogP) is 3.35. The molecule has 0 aromatic carbocycles. The molecule has 1 aliphatic heterocycles. The molecular weight excluding hydrogens is 160 g/mol. The Morgan fingerprint density at radius 1 is 1.40 bits per heavy atom. The predicted molar refractivity (Wildman–Crippen MR) is 52.5 cm³/mol. The van der Waals surface area contributed by atoms with Crippen LogP contribution in [0.25, 0.3) is 0 Å². The molecule has 58 valence electrons. The zero-order valence-corrected chi connectivity index (χ0v) is 8.01. The zero-order valence-electron chi connectivity index (χ0n) is 6.38. The Labute approximate surface area is 71.2 Å². The van der Waals surface area contributed by atoms with E-state index in [2.05, 4.69) is 19.1 Å². The minimum absolute atomic E-state index is 0.863. The molecule has 0 radical (unpaired) electrons. The molecule has 10 heavy (non-hydrogen) atoms. The zero-order chi connectivity index (χ0) is 7.23. The van der Waals surface area contributed by atoms with Gasteiger partial charge in [0.2, 0.25) is 0 Å². The van der Waals surface area contributed by atoms with E-state index in [-0.39, 0.29) is 0 Å². The lowest BCUT2D eigenvalue weighted by molar-refractivity contribution is 0.857. The van der Waals surface area contributed by atoms with Crippen LogP contribution in [0.4, 0.5) is 0 Å². The van der Waals surface area contributed by atoms with Gasteiger partial charge in [-0.2, -0.15) is 0 Å². The Morgan fingerprint density at radius 3 is 2.70 bits per heavy atom. The maximum absolute atomic E-state index is 2.39. The number of hydrogen-bond donors (Lipinski definition) is 0. The smallest absolute Gasteiger partial charge is 0.0108 e. The largest absolute Gasteiger partial charge is 0.0935 e. The number of allylic oxidation sites excluding steroid dienone is 2. The van der Waals surface area contributed by atoms with E-state index in [1.807, 2.05) is 21.6 Å². The number of hydrogen-bond acceptors (Lipinski definition) is 2. The fourth-order valence-electron chi connectivity index (χ4n) is 0.886. The van der Waals surface area contributed by atoms with Crippen molar-refractivity contribution in [1.29, 1.82) is 0 Å².